The first-order chi connectivity index (χ1) is 16.2. The summed E-state index contributed by atoms with van der Waals surface area (Å²) in [5, 5.41) is 19.1. The Kier molecular flexibility index (Phi) is 10.3. The van der Waals surface area contributed by atoms with E-state index in [1.165, 1.54) is 51.1 Å². The number of carbonyl (C=O) groups is 1. The Bertz CT molecular complexity index is 903. The van der Waals surface area contributed by atoms with E-state index in [9.17, 15) is 10.1 Å². The third-order valence-electron chi connectivity index (χ3n) is 6.14. The van der Waals surface area contributed by atoms with Crippen molar-refractivity contribution < 1.29 is 4.79 Å². The third-order valence-corrected chi connectivity index (χ3v) is 6.14. The smallest absolute Gasteiger partial charge is 0.263 e. The van der Waals surface area contributed by atoms with Gasteiger partial charge in [0.2, 0.25) is 0 Å². The minimum absolute atomic E-state index is 0.104. The lowest BCUT2D eigenvalue weighted by molar-refractivity contribution is -0.117. The molecule has 1 fully saturated rings. The van der Waals surface area contributed by atoms with Crippen LogP contribution in [0.25, 0.3) is 0 Å². The van der Waals surface area contributed by atoms with Gasteiger partial charge >= 0.3 is 0 Å². The number of hydrogen-bond acceptors (Lipinski definition) is 4. The molecule has 0 spiro atoms. The number of nitrogens with one attached hydrogen (secondary N) is 3. The van der Waals surface area contributed by atoms with Gasteiger partial charge in [0, 0.05) is 29.3 Å². The molecule has 0 atom stereocenters. The fraction of sp³-hybridized carbons (Fsp3) is 0.429. The molecule has 1 amide bonds. The van der Waals surface area contributed by atoms with Gasteiger partial charge in [0.15, 0.2) is 0 Å². The summed E-state index contributed by atoms with van der Waals surface area (Å²) in [6.07, 6.45) is 14.8. The summed E-state index contributed by atoms with van der Waals surface area (Å²) in [5.74, 6) is -0.288. The van der Waals surface area contributed by atoms with Crippen LogP contribution in [0.3, 0.4) is 0 Å². The van der Waals surface area contributed by atoms with Crippen molar-refractivity contribution >= 4 is 23.0 Å². The lowest BCUT2D eigenvalue weighted by Gasteiger charge is -2.19. The van der Waals surface area contributed by atoms with Crippen molar-refractivity contribution in [3.63, 3.8) is 0 Å². The van der Waals surface area contributed by atoms with Gasteiger partial charge in [-0.25, -0.2) is 0 Å². The summed E-state index contributed by atoms with van der Waals surface area (Å²) in [6, 6.07) is 19.9. The number of rotatable bonds is 6. The number of nitrogens with zero attached hydrogens (tertiary/aromatic N) is 1. The van der Waals surface area contributed by atoms with Crippen molar-refractivity contribution in [2.45, 2.75) is 76.7 Å². The molecule has 1 aliphatic rings. The molecule has 3 rings (SSSR count). The second kappa shape index (κ2) is 14.0. The normalized spacial score (nSPS) is 16.5. The van der Waals surface area contributed by atoms with Gasteiger partial charge in [0.25, 0.3) is 5.91 Å². The fourth-order valence-electron chi connectivity index (χ4n) is 4.21. The molecule has 5 heteroatoms. The van der Waals surface area contributed by atoms with Gasteiger partial charge < -0.3 is 16.0 Å². The van der Waals surface area contributed by atoms with Crippen LogP contribution in [0, 0.1) is 11.3 Å². The Morgan fingerprint density at radius 3 is 1.85 bits per heavy atom. The highest BCUT2D eigenvalue weighted by atomic mass is 16.1. The highest BCUT2D eigenvalue weighted by Gasteiger charge is 2.16. The van der Waals surface area contributed by atoms with Crippen LogP contribution in [0.1, 0.15) is 70.6 Å². The van der Waals surface area contributed by atoms with Gasteiger partial charge in [0.1, 0.15) is 11.6 Å². The molecule has 0 bridgehead atoms. The second-order valence-electron chi connectivity index (χ2n) is 8.81. The lowest BCUT2D eigenvalue weighted by Crippen LogP contribution is -2.35. The number of amides is 1. The maximum absolute atomic E-state index is 12.7. The van der Waals surface area contributed by atoms with Gasteiger partial charge in [-0.2, -0.15) is 5.26 Å². The van der Waals surface area contributed by atoms with Gasteiger partial charge in [-0.15, -0.1) is 0 Å². The first-order valence-corrected chi connectivity index (χ1v) is 12.3. The molecule has 0 aromatic heterocycles. The Balaban J connectivity index is 1.53. The molecule has 0 heterocycles. The number of hydrogen-bond donors (Lipinski definition) is 3. The molecule has 33 heavy (non-hydrogen) atoms. The largest absolute Gasteiger partial charge is 0.360 e. The molecule has 1 saturated carbocycles. The predicted molar refractivity (Wildman–Crippen MR) is 136 cm³/mol. The summed E-state index contributed by atoms with van der Waals surface area (Å²) in [5.41, 5.74) is 2.91. The molecule has 3 N–H and O–H groups in total. The van der Waals surface area contributed by atoms with E-state index < -0.39 is 0 Å². The molecule has 0 radical (unpaired) electrons. The second-order valence-corrected chi connectivity index (χ2v) is 8.81. The SMILES string of the molecule is N#C/C(=C/Nc1ccc(Nc2ccccc2)cc1)C(=O)NC1CCCCCCCCCCC1. The standard InChI is InChI=1S/C28H36N4O/c29-21-23(28(33)32-26-15-9-6-4-2-1-3-5-7-10-16-26)22-30-24-17-19-27(20-18-24)31-25-13-11-8-12-14-25/h8,11-14,17-20,22,26,30-31H,1-7,9-10,15-16H2,(H,32,33)/b23-22-. The highest BCUT2D eigenvalue weighted by molar-refractivity contribution is 5.97. The summed E-state index contributed by atoms with van der Waals surface area (Å²) < 4.78 is 0. The van der Waals surface area contributed by atoms with E-state index >= 15 is 0 Å². The quantitative estimate of drug-likeness (QED) is 0.330. The highest BCUT2D eigenvalue weighted by Crippen LogP contribution is 2.19. The molecule has 2 aromatic rings. The molecular weight excluding hydrogens is 408 g/mol. The van der Waals surface area contributed by atoms with Gasteiger partial charge in [-0.3, -0.25) is 4.79 Å². The Hall–Kier alpha value is -3.26. The molecular formula is C28H36N4O. The summed E-state index contributed by atoms with van der Waals surface area (Å²) >= 11 is 0. The van der Waals surface area contributed by atoms with Crippen LogP contribution in [0.2, 0.25) is 0 Å². The van der Waals surface area contributed by atoms with Crippen molar-refractivity contribution in [2.75, 3.05) is 10.6 Å². The van der Waals surface area contributed by atoms with Gasteiger partial charge in [-0.05, 0) is 49.2 Å². The van der Waals surface area contributed by atoms with Gasteiger partial charge in [-0.1, -0.05) is 76.0 Å². The zero-order valence-electron chi connectivity index (χ0n) is 19.5. The minimum Gasteiger partial charge on any atom is -0.360 e. The summed E-state index contributed by atoms with van der Waals surface area (Å²) in [4.78, 5) is 12.7. The van der Waals surface area contributed by atoms with Gasteiger partial charge in [0.05, 0.1) is 0 Å². The van der Waals surface area contributed by atoms with Crippen LogP contribution in [-0.4, -0.2) is 11.9 Å². The molecule has 174 valence electrons. The number of benzene rings is 2. The first kappa shape index (κ1) is 24.4. The van der Waals surface area contributed by atoms with Crippen LogP contribution in [-0.2, 0) is 4.79 Å². The van der Waals surface area contributed by atoms with Crippen molar-refractivity contribution in [3.05, 3.63) is 66.4 Å². The van der Waals surface area contributed by atoms with Crippen LogP contribution >= 0.6 is 0 Å². The van der Waals surface area contributed by atoms with E-state index in [4.69, 9.17) is 0 Å². The number of nitriles is 1. The number of anilines is 3. The molecule has 5 nitrogen and oxygen atoms in total. The first-order valence-electron chi connectivity index (χ1n) is 12.3. The van der Waals surface area contributed by atoms with E-state index in [0.717, 1.165) is 42.7 Å². The van der Waals surface area contributed by atoms with E-state index in [2.05, 4.69) is 16.0 Å². The zero-order chi connectivity index (χ0) is 23.1. The zero-order valence-corrected chi connectivity index (χ0v) is 19.5. The maximum Gasteiger partial charge on any atom is 0.263 e. The fourth-order valence-corrected chi connectivity index (χ4v) is 4.21. The maximum atomic E-state index is 12.7. The number of carbonyl (C=O) groups excluding carboxylic acids is 1. The van der Waals surface area contributed by atoms with Crippen molar-refractivity contribution in [1.82, 2.24) is 5.32 Å². The Labute approximate surface area is 198 Å². The van der Waals surface area contributed by atoms with Crippen LogP contribution in [0.15, 0.2) is 66.4 Å². The molecule has 0 aliphatic heterocycles. The van der Waals surface area contributed by atoms with Crippen molar-refractivity contribution in [2.24, 2.45) is 0 Å². The van der Waals surface area contributed by atoms with E-state index in [1.54, 1.807) is 0 Å². The monoisotopic (exact) mass is 444 g/mol. The molecule has 2 aromatic carbocycles. The topological polar surface area (TPSA) is 77.0 Å². The average molecular weight is 445 g/mol. The van der Waals surface area contributed by atoms with Crippen molar-refractivity contribution in [3.8, 4) is 6.07 Å². The van der Waals surface area contributed by atoms with E-state index in [-0.39, 0.29) is 17.5 Å². The van der Waals surface area contributed by atoms with Crippen LogP contribution in [0.5, 0.6) is 0 Å². The predicted octanol–water partition coefficient (Wildman–Crippen LogP) is 7.04. The average Bonchev–Trinajstić information content (AvgIpc) is 2.83. The van der Waals surface area contributed by atoms with Crippen molar-refractivity contribution in [1.29, 1.82) is 5.26 Å². The van der Waals surface area contributed by atoms with Crippen LogP contribution in [0.4, 0.5) is 17.1 Å². The molecule has 1 aliphatic carbocycles. The number of para-hydroxylation sites is 1. The van der Waals surface area contributed by atoms with E-state index in [1.807, 2.05) is 60.7 Å². The third kappa shape index (κ3) is 9.02. The van der Waals surface area contributed by atoms with Crippen LogP contribution < -0.4 is 16.0 Å². The Morgan fingerprint density at radius 2 is 1.27 bits per heavy atom. The summed E-state index contributed by atoms with van der Waals surface area (Å²) in [7, 11) is 0. The minimum atomic E-state index is -0.288. The molecule has 0 saturated heterocycles. The lowest BCUT2D eigenvalue weighted by atomic mass is 9.98. The molecule has 0 unspecified atom stereocenters. The Morgan fingerprint density at radius 1 is 0.758 bits per heavy atom. The van der Waals surface area contributed by atoms with E-state index in [0.29, 0.717) is 0 Å². The summed E-state index contributed by atoms with van der Waals surface area (Å²) in [6.45, 7) is 0.